The molecule has 0 radical (unpaired) electrons. The lowest BCUT2D eigenvalue weighted by Gasteiger charge is -2.13. The molecule has 0 saturated heterocycles. The van der Waals surface area contributed by atoms with E-state index in [1.165, 1.54) is 10.6 Å². The summed E-state index contributed by atoms with van der Waals surface area (Å²) in [6, 6.07) is 14.7. The van der Waals surface area contributed by atoms with Crippen LogP contribution >= 0.6 is 11.6 Å². The molecule has 4 aromatic rings. The van der Waals surface area contributed by atoms with Gasteiger partial charge < -0.3 is 16.2 Å². The number of nitrogen functional groups attached to an aromatic ring is 1. The number of halogens is 2. The van der Waals surface area contributed by atoms with E-state index in [0.717, 1.165) is 0 Å². The molecule has 1 amide bonds. The van der Waals surface area contributed by atoms with Crippen molar-refractivity contribution in [1.29, 1.82) is 0 Å². The van der Waals surface area contributed by atoms with Gasteiger partial charge in [-0.15, -0.1) is 5.10 Å². The zero-order chi connectivity index (χ0) is 22.0. The SMILES string of the molecule is Nc1nc2cc(-c3cccc(C(=O)NCCC(O)c4ccc(Cl)cc4)c3F)ccn2n1. The molecule has 0 saturated carbocycles. The van der Waals surface area contributed by atoms with Crippen LogP contribution in [0.25, 0.3) is 16.8 Å². The average Bonchev–Trinajstić information content (AvgIpc) is 3.13. The average molecular weight is 440 g/mol. The maximum absolute atomic E-state index is 15.1. The first-order valence-electron chi connectivity index (χ1n) is 9.55. The maximum Gasteiger partial charge on any atom is 0.254 e. The van der Waals surface area contributed by atoms with Crippen molar-refractivity contribution in [2.75, 3.05) is 12.3 Å². The molecule has 4 rings (SSSR count). The molecule has 0 aliphatic heterocycles. The zero-order valence-electron chi connectivity index (χ0n) is 16.3. The smallest absolute Gasteiger partial charge is 0.254 e. The summed E-state index contributed by atoms with van der Waals surface area (Å²) >= 11 is 5.84. The number of nitrogens with one attached hydrogen (secondary N) is 1. The predicted molar refractivity (Wildman–Crippen MR) is 116 cm³/mol. The van der Waals surface area contributed by atoms with Crippen LogP contribution in [0.2, 0.25) is 5.02 Å². The number of hydrogen-bond donors (Lipinski definition) is 3. The molecule has 0 aliphatic rings. The Kier molecular flexibility index (Phi) is 5.83. The molecule has 31 heavy (non-hydrogen) atoms. The minimum atomic E-state index is -0.768. The highest BCUT2D eigenvalue weighted by molar-refractivity contribution is 6.30. The van der Waals surface area contributed by atoms with Gasteiger partial charge in [0, 0.05) is 23.3 Å². The number of benzene rings is 2. The van der Waals surface area contributed by atoms with Crippen molar-refractivity contribution >= 4 is 29.1 Å². The number of nitrogens with zero attached hydrogens (tertiary/aromatic N) is 3. The standard InChI is InChI=1S/C22H19ClFN5O2/c23-15-6-4-13(5-7-15)18(30)8-10-26-21(31)17-3-1-2-16(20(17)24)14-9-11-29-19(12-14)27-22(25)28-29/h1-7,9,11-12,18,30H,8,10H2,(H2,25,28)(H,26,31). The van der Waals surface area contributed by atoms with E-state index in [4.69, 9.17) is 17.3 Å². The maximum atomic E-state index is 15.1. The first kappa shape index (κ1) is 20.8. The Morgan fingerprint density at radius 3 is 2.77 bits per heavy atom. The topological polar surface area (TPSA) is 106 Å². The molecule has 158 valence electrons. The van der Waals surface area contributed by atoms with Gasteiger partial charge in [-0.3, -0.25) is 4.79 Å². The van der Waals surface area contributed by atoms with Crippen molar-refractivity contribution in [3.8, 4) is 11.1 Å². The summed E-state index contributed by atoms with van der Waals surface area (Å²) in [5, 5.41) is 17.5. The van der Waals surface area contributed by atoms with Gasteiger partial charge in [-0.25, -0.2) is 8.91 Å². The van der Waals surface area contributed by atoms with Crippen LogP contribution in [0.4, 0.5) is 10.3 Å². The van der Waals surface area contributed by atoms with Crippen molar-refractivity contribution in [3.05, 3.63) is 82.8 Å². The number of anilines is 1. The molecule has 1 unspecified atom stereocenters. The number of nitrogens with two attached hydrogens (primary N) is 1. The lowest BCUT2D eigenvalue weighted by molar-refractivity contribution is 0.0938. The summed E-state index contributed by atoms with van der Waals surface area (Å²) in [5.74, 6) is -1.09. The molecule has 0 spiro atoms. The van der Waals surface area contributed by atoms with Gasteiger partial charge in [-0.2, -0.15) is 4.98 Å². The van der Waals surface area contributed by atoms with Crippen LogP contribution in [0.15, 0.2) is 60.8 Å². The number of aliphatic hydroxyl groups is 1. The summed E-state index contributed by atoms with van der Waals surface area (Å²) < 4.78 is 16.6. The van der Waals surface area contributed by atoms with E-state index in [-0.39, 0.29) is 30.0 Å². The number of amides is 1. The van der Waals surface area contributed by atoms with Crippen LogP contribution in [0, 0.1) is 5.82 Å². The van der Waals surface area contributed by atoms with Gasteiger partial charge in [0.05, 0.1) is 11.7 Å². The van der Waals surface area contributed by atoms with Crippen molar-refractivity contribution in [2.24, 2.45) is 0 Å². The molecule has 0 bridgehead atoms. The lowest BCUT2D eigenvalue weighted by atomic mass is 10.0. The number of aliphatic hydroxyl groups excluding tert-OH is 1. The van der Waals surface area contributed by atoms with Gasteiger partial charge in [0.2, 0.25) is 5.95 Å². The van der Waals surface area contributed by atoms with Crippen LogP contribution in [-0.4, -0.2) is 32.2 Å². The highest BCUT2D eigenvalue weighted by Crippen LogP contribution is 2.26. The molecule has 2 aromatic heterocycles. The first-order valence-corrected chi connectivity index (χ1v) is 9.92. The number of aromatic nitrogens is 3. The zero-order valence-corrected chi connectivity index (χ0v) is 17.1. The van der Waals surface area contributed by atoms with Gasteiger partial charge in [0.15, 0.2) is 5.65 Å². The fraction of sp³-hybridized carbons (Fsp3) is 0.136. The number of hydrogen-bond acceptors (Lipinski definition) is 5. The third-order valence-corrected chi connectivity index (χ3v) is 5.12. The van der Waals surface area contributed by atoms with E-state index in [1.54, 1.807) is 54.7 Å². The molecule has 4 N–H and O–H groups in total. The molecular weight excluding hydrogens is 421 g/mol. The van der Waals surface area contributed by atoms with E-state index >= 15 is 4.39 Å². The van der Waals surface area contributed by atoms with Gasteiger partial charge >= 0.3 is 0 Å². The van der Waals surface area contributed by atoms with E-state index in [0.29, 0.717) is 21.8 Å². The number of pyridine rings is 1. The molecule has 9 heteroatoms. The van der Waals surface area contributed by atoms with Crippen LogP contribution in [0.3, 0.4) is 0 Å². The van der Waals surface area contributed by atoms with Gasteiger partial charge in [0.1, 0.15) is 5.82 Å². The second kappa shape index (κ2) is 8.71. The summed E-state index contributed by atoms with van der Waals surface area (Å²) in [5.41, 5.74) is 7.48. The summed E-state index contributed by atoms with van der Waals surface area (Å²) in [4.78, 5) is 16.6. The minimum absolute atomic E-state index is 0.0839. The monoisotopic (exact) mass is 439 g/mol. The van der Waals surface area contributed by atoms with Gasteiger partial charge in [0.25, 0.3) is 5.91 Å². The Morgan fingerprint density at radius 1 is 1.23 bits per heavy atom. The Morgan fingerprint density at radius 2 is 2.00 bits per heavy atom. The van der Waals surface area contributed by atoms with Crippen molar-refractivity contribution < 1.29 is 14.3 Å². The fourth-order valence-electron chi connectivity index (χ4n) is 3.27. The molecule has 0 aliphatic carbocycles. The third kappa shape index (κ3) is 4.50. The minimum Gasteiger partial charge on any atom is -0.388 e. The van der Waals surface area contributed by atoms with E-state index < -0.39 is 17.8 Å². The van der Waals surface area contributed by atoms with E-state index in [1.807, 2.05) is 0 Å². The quantitative estimate of drug-likeness (QED) is 0.425. The van der Waals surface area contributed by atoms with E-state index in [9.17, 15) is 9.90 Å². The second-order valence-electron chi connectivity index (χ2n) is 6.97. The largest absolute Gasteiger partial charge is 0.388 e. The number of carbonyl (C=O) groups is 1. The number of fused-ring (bicyclic) bond motifs is 1. The lowest BCUT2D eigenvalue weighted by Crippen LogP contribution is -2.26. The Hall–Kier alpha value is -3.49. The normalized spacial score (nSPS) is 12.1. The Labute approximate surface area is 182 Å². The first-order chi connectivity index (χ1) is 14.9. The third-order valence-electron chi connectivity index (χ3n) is 4.87. The van der Waals surface area contributed by atoms with Crippen LogP contribution in [0.1, 0.15) is 28.4 Å². The molecule has 2 aromatic carbocycles. The molecular formula is C22H19ClFN5O2. The van der Waals surface area contributed by atoms with Crippen molar-refractivity contribution in [1.82, 2.24) is 19.9 Å². The number of rotatable bonds is 6. The summed E-state index contributed by atoms with van der Waals surface area (Å²) in [6.07, 6.45) is 1.13. The fourth-order valence-corrected chi connectivity index (χ4v) is 3.39. The van der Waals surface area contributed by atoms with Gasteiger partial charge in [-0.05, 0) is 47.9 Å². The van der Waals surface area contributed by atoms with Crippen LogP contribution < -0.4 is 11.1 Å². The second-order valence-corrected chi connectivity index (χ2v) is 7.40. The Bertz CT molecular complexity index is 1240. The summed E-state index contributed by atoms with van der Waals surface area (Å²) in [7, 11) is 0. The van der Waals surface area contributed by atoms with Gasteiger partial charge in [-0.1, -0.05) is 35.9 Å². The van der Waals surface area contributed by atoms with Crippen LogP contribution in [0.5, 0.6) is 0 Å². The molecule has 0 fully saturated rings. The molecule has 1 atom stereocenters. The highest BCUT2D eigenvalue weighted by Gasteiger charge is 2.17. The predicted octanol–water partition coefficient (Wildman–Crippen LogP) is 3.62. The van der Waals surface area contributed by atoms with Crippen molar-refractivity contribution in [3.63, 3.8) is 0 Å². The van der Waals surface area contributed by atoms with Crippen LogP contribution in [-0.2, 0) is 0 Å². The Balaban J connectivity index is 1.46. The molecule has 2 heterocycles. The summed E-state index contributed by atoms with van der Waals surface area (Å²) in [6.45, 7) is 0.178. The van der Waals surface area contributed by atoms with Crippen molar-refractivity contribution in [2.45, 2.75) is 12.5 Å². The molecule has 7 nitrogen and oxygen atoms in total. The number of carbonyl (C=O) groups excluding carboxylic acids is 1. The van der Waals surface area contributed by atoms with E-state index in [2.05, 4.69) is 15.4 Å². The highest BCUT2D eigenvalue weighted by atomic mass is 35.5.